The summed E-state index contributed by atoms with van der Waals surface area (Å²) in [7, 11) is 0. The van der Waals surface area contributed by atoms with Crippen LogP contribution in [0.5, 0.6) is 0 Å². The fourth-order valence-electron chi connectivity index (χ4n) is 3.55. The summed E-state index contributed by atoms with van der Waals surface area (Å²) in [5.74, 6) is -1.40. The Morgan fingerprint density at radius 2 is 2.04 bits per heavy atom. The summed E-state index contributed by atoms with van der Waals surface area (Å²) in [4.78, 5) is 38.4. The molecule has 1 amide bonds. The Hall–Kier alpha value is -2.87. The van der Waals surface area contributed by atoms with E-state index in [-0.39, 0.29) is 13.2 Å². The summed E-state index contributed by atoms with van der Waals surface area (Å²) in [6.07, 6.45) is 3.79. The number of nitrogens with one attached hydrogen (secondary N) is 1. The van der Waals surface area contributed by atoms with Gasteiger partial charge in [0.25, 0.3) is 0 Å². The summed E-state index contributed by atoms with van der Waals surface area (Å²) < 4.78 is 11.6. The summed E-state index contributed by atoms with van der Waals surface area (Å²) in [6, 6.07) is 6.94. The summed E-state index contributed by atoms with van der Waals surface area (Å²) in [6.45, 7) is 1.83. The van der Waals surface area contributed by atoms with Gasteiger partial charge < -0.3 is 14.5 Å². The van der Waals surface area contributed by atoms with Gasteiger partial charge in [0, 0.05) is 4.88 Å². The van der Waals surface area contributed by atoms with Crippen molar-refractivity contribution in [1.29, 1.82) is 0 Å². The molecule has 0 radical (unpaired) electrons. The van der Waals surface area contributed by atoms with Gasteiger partial charge in [-0.2, -0.15) is 0 Å². The average Bonchev–Trinajstić information content (AvgIpc) is 3.19. The quantitative estimate of drug-likeness (QED) is 0.663. The van der Waals surface area contributed by atoms with Crippen LogP contribution in [0.25, 0.3) is 11.1 Å². The number of benzene rings is 1. The van der Waals surface area contributed by atoms with Crippen LogP contribution in [-0.2, 0) is 28.9 Å². The van der Waals surface area contributed by atoms with Crippen molar-refractivity contribution in [3.63, 3.8) is 0 Å². The Labute approximate surface area is 164 Å². The van der Waals surface area contributed by atoms with Crippen LogP contribution in [0, 0.1) is 0 Å². The number of carbonyl (C=O) groups is 2. The van der Waals surface area contributed by atoms with Crippen molar-refractivity contribution in [3.05, 3.63) is 50.8 Å². The first-order valence-electron chi connectivity index (χ1n) is 9.28. The molecule has 1 aliphatic carbocycles. The highest BCUT2D eigenvalue weighted by molar-refractivity contribution is 7.17. The summed E-state index contributed by atoms with van der Waals surface area (Å²) in [5, 5.41) is 3.31. The predicted molar refractivity (Wildman–Crippen MR) is 106 cm³/mol. The molecule has 1 aliphatic rings. The minimum atomic E-state index is -0.590. The Balaban J connectivity index is 1.62. The topological polar surface area (TPSA) is 90.5 Å². The smallest absolute Gasteiger partial charge is 0.420 e. The molecular formula is C20H20N2O5S. The zero-order chi connectivity index (χ0) is 19.7. The normalized spacial score (nSPS) is 13.3. The highest BCUT2D eigenvalue weighted by atomic mass is 32.1. The second-order valence-corrected chi connectivity index (χ2v) is 7.71. The van der Waals surface area contributed by atoms with Crippen LogP contribution >= 0.6 is 11.3 Å². The van der Waals surface area contributed by atoms with Gasteiger partial charge in [-0.3, -0.25) is 9.36 Å². The van der Waals surface area contributed by atoms with Crippen LogP contribution in [0.1, 0.15) is 40.6 Å². The van der Waals surface area contributed by atoms with E-state index in [1.807, 2.05) is 0 Å². The van der Waals surface area contributed by atoms with Gasteiger partial charge in [0.1, 0.15) is 11.5 Å². The molecule has 0 bridgehead atoms. The third-order valence-electron chi connectivity index (χ3n) is 4.78. The van der Waals surface area contributed by atoms with Crippen LogP contribution in [0.15, 0.2) is 33.5 Å². The third-order valence-corrected chi connectivity index (χ3v) is 5.99. The molecular weight excluding hydrogens is 380 g/mol. The highest BCUT2D eigenvalue weighted by Gasteiger charge is 2.27. The van der Waals surface area contributed by atoms with Crippen LogP contribution < -0.4 is 11.1 Å². The zero-order valence-electron chi connectivity index (χ0n) is 15.4. The van der Waals surface area contributed by atoms with Crippen molar-refractivity contribution < 1.29 is 18.7 Å². The lowest BCUT2D eigenvalue weighted by atomic mass is 9.95. The number of ether oxygens (including phenoxy) is 1. The predicted octanol–water partition coefficient (Wildman–Crippen LogP) is 3.35. The number of rotatable bonds is 5. The molecule has 0 saturated carbocycles. The molecule has 28 heavy (non-hydrogen) atoms. The number of esters is 1. The van der Waals surface area contributed by atoms with Gasteiger partial charge in [0.2, 0.25) is 5.91 Å². The lowest BCUT2D eigenvalue weighted by molar-refractivity contribution is -0.116. The first-order chi connectivity index (χ1) is 13.6. The van der Waals surface area contributed by atoms with E-state index in [1.165, 1.54) is 15.9 Å². The number of oxazole rings is 1. The molecule has 2 aromatic heterocycles. The first kappa shape index (κ1) is 18.5. The number of hydrogen-bond donors (Lipinski definition) is 1. The van der Waals surface area contributed by atoms with E-state index in [4.69, 9.17) is 9.15 Å². The minimum absolute atomic E-state index is 0.194. The van der Waals surface area contributed by atoms with E-state index in [9.17, 15) is 14.4 Å². The monoisotopic (exact) mass is 400 g/mol. The minimum Gasteiger partial charge on any atom is -0.462 e. The van der Waals surface area contributed by atoms with Crippen molar-refractivity contribution in [2.24, 2.45) is 0 Å². The molecule has 0 spiro atoms. The maximum Gasteiger partial charge on any atom is 0.420 e. The molecule has 3 aromatic rings. The van der Waals surface area contributed by atoms with E-state index in [1.54, 1.807) is 31.2 Å². The number of hydrogen-bond acceptors (Lipinski definition) is 6. The fraction of sp³-hybridized carbons (Fsp3) is 0.350. The number of anilines is 1. The van der Waals surface area contributed by atoms with Crippen molar-refractivity contribution in [3.8, 4) is 0 Å². The lowest BCUT2D eigenvalue weighted by Gasteiger charge is -2.12. The zero-order valence-corrected chi connectivity index (χ0v) is 16.3. The van der Waals surface area contributed by atoms with E-state index >= 15 is 0 Å². The Morgan fingerprint density at radius 3 is 2.86 bits per heavy atom. The van der Waals surface area contributed by atoms with Crippen LogP contribution in [-0.4, -0.2) is 23.1 Å². The molecule has 0 atom stereocenters. The van der Waals surface area contributed by atoms with Gasteiger partial charge in [0.05, 0.1) is 17.7 Å². The van der Waals surface area contributed by atoms with Crippen molar-refractivity contribution in [2.45, 2.75) is 39.2 Å². The molecule has 1 N–H and O–H groups in total. The SMILES string of the molecule is CCOC(=O)c1c(NC(=O)Cn2c(=O)oc3ccccc32)sc2c1CCCC2. The van der Waals surface area contributed by atoms with E-state index in [2.05, 4.69) is 5.32 Å². The van der Waals surface area contributed by atoms with Gasteiger partial charge in [-0.1, -0.05) is 12.1 Å². The first-order valence-corrected chi connectivity index (χ1v) is 10.1. The number of thiophene rings is 1. The molecule has 8 heteroatoms. The molecule has 7 nitrogen and oxygen atoms in total. The molecule has 0 fully saturated rings. The van der Waals surface area contributed by atoms with E-state index in [0.717, 1.165) is 36.1 Å². The van der Waals surface area contributed by atoms with E-state index in [0.29, 0.717) is 21.7 Å². The van der Waals surface area contributed by atoms with Gasteiger partial charge in [-0.15, -0.1) is 11.3 Å². The Kier molecular flexibility index (Phi) is 5.04. The highest BCUT2D eigenvalue weighted by Crippen LogP contribution is 2.38. The molecule has 0 unspecified atom stereocenters. The van der Waals surface area contributed by atoms with Gasteiger partial charge in [-0.05, 0) is 50.3 Å². The van der Waals surface area contributed by atoms with Gasteiger partial charge in [-0.25, -0.2) is 9.59 Å². The standard InChI is InChI=1S/C20H20N2O5S/c1-2-26-19(24)17-12-7-3-6-10-15(12)28-18(17)21-16(23)11-22-13-8-4-5-9-14(13)27-20(22)25/h4-5,8-9H,2-3,6-7,10-11H2,1H3,(H,21,23). The third kappa shape index (κ3) is 3.35. The molecule has 2 heterocycles. The Bertz CT molecular complexity index is 1110. The average molecular weight is 400 g/mol. The largest absolute Gasteiger partial charge is 0.462 e. The molecule has 1 aromatic carbocycles. The number of nitrogens with zero attached hydrogens (tertiary/aromatic N) is 1. The molecule has 0 aliphatic heterocycles. The number of para-hydroxylation sites is 2. The number of carbonyl (C=O) groups excluding carboxylic acids is 2. The lowest BCUT2D eigenvalue weighted by Crippen LogP contribution is -2.25. The second-order valence-electron chi connectivity index (χ2n) is 6.61. The number of aromatic nitrogens is 1. The van der Waals surface area contributed by atoms with Crippen LogP contribution in [0.2, 0.25) is 0 Å². The van der Waals surface area contributed by atoms with Crippen molar-refractivity contribution in [2.75, 3.05) is 11.9 Å². The van der Waals surface area contributed by atoms with Crippen molar-refractivity contribution in [1.82, 2.24) is 4.57 Å². The molecule has 4 rings (SSSR count). The van der Waals surface area contributed by atoms with Gasteiger partial charge >= 0.3 is 11.7 Å². The second kappa shape index (κ2) is 7.63. The maximum atomic E-state index is 12.7. The summed E-state index contributed by atoms with van der Waals surface area (Å²) >= 11 is 1.42. The van der Waals surface area contributed by atoms with Gasteiger partial charge in [0.15, 0.2) is 5.58 Å². The number of amides is 1. The molecule has 0 saturated heterocycles. The summed E-state index contributed by atoms with van der Waals surface area (Å²) in [5.41, 5.74) is 2.42. The number of fused-ring (bicyclic) bond motifs is 2. The Morgan fingerprint density at radius 1 is 1.25 bits per heavy atom. The van der Waals surface area contributed by atoms with E-state index < -0.39 is 17.6 Å². The number of aryl methyl sites for hydroxylation is 1. The van der Waals surface area contributed by atoms with Crippen LogP contribution in [0.3, 0.4) is 0 Å². The molecule has 146 valence electrons. The van der Waals surface area contributed by atoms with Crippen molar-refractivity contribution >= 4 is 39.3 Å². The fourth-order valence-corrected chi connectivity index (χ4v) is 4.84. The van der Waals surface area contributed by atoms with Crippen LogP contribution in [0.4, 0.5) is 5.00 Å². The maximum absolute atomic E-state index is 12.7.